The van der Waals surface area contributed by atoms with Crippen molar-refractivity contribution in [2.24, 2.45) is 5.73 Å². The third-order valence-corrected chi connectivity index (χ3v) is 2.97. The molecular weight excluding hydrogens is 294 g/mol. The van der Waals surface area contributed by atoms with Crippen molar-refractivity contribution in [3.63, 3.8) is 0 Å². The van der Waals surface area contributed by atoms with E-state index in [9.17, 15) is 9.59 Å². The van der Waals surface area contributed by atoms with Crippen LogP contribution in [0.25, 0.3) is 0 Å². The maximum atomic E-state index is 11.7. The summed E-state index contributed by atoms with van der Waals surface area (Å²) >= 11 is 5.86. The number of nitrogens with zero attached hydrogens (tertiary/aromatic N) is 1. The summed E-state index contributed by atoms with van der Waals surface area (Å²) < 4.78 is 5.28. The van der Waals surface area contributed by atoms with Crippen LogP contribution in [0.3, 0.4) is 0 Å². The average molecular weight is 308 g/mol. The molecule has 0 aliphatic carbocycles. The van der Waals surface area contributed by atoms with Gasteiger partial charge in [0.1, 0.15) is 5.76 Å². The molecule has 6 nitrogen and oxygen atoms in total. The Hall–Kier alpha value is -2.47. The van der Waals surface area contributed by atoms with E-state index in [1.807, 2.05) is 5.32 Å². The van der Waals surface area contributed by atoms with Crippen molar-refractivity contribution < 1.29 is 14.0 Å². The highest BCUT2D eigenvalue weighted by molar-refractivity contribution is 6.30. The molecular formula is C14H14ClN3O3. The van der Waals surface area contributed by atoms with Crippen molar-refractivity contribution >= 4 is 29.2 Å². The van der Waals surface area contributed by atoms with Gasteiger partial charge in [-0.05, 0) is 36.4 Å². The van der Waals surface area contributed by atoms with Gasteiger partial charge in [-0.1, -0.05) is 11.6 Å². The highest BCUT2D eigenvalue weighted by Gasteiger charge is 2.14. The Morgan fingerprint density at radius 3 is 2.52 bits per heavy atom. The van der Waals surface area contributed by atoms with Crippen molar-refractivity contribution in [3.8, 4) is 0 Å². The number of nitrogens with one attached hydrogen (secondary N) is 1. The molecule has 0 unspecified atom stereocenters. The summed E-state index contributed by atoms with van der Waals surface area (Å²) in [5.41, 5.74) is 5.71. The monoisotopic (exact) mass is 307 g/mol. The van der Waals surface area contributed by atoms with Gasteiger partial charge in [0.2, 0.25) is 5.91 Å². The summed E-state index contributed by atoms with van der Waals surface area (Å²) in [6.45, 7) is 0.339. The van der Waals surface area contributed by atoms with Crippen LogP contribution in [0.15, 0.2) is 47.1 Å². The molecule has 0 aliphatic heterocycles. The van der Waals surface area contributed by atoms with E-state index in [1.165, 1.54) is 0 Å². The molecule has 1 aromatic carbocycles. The zero-order chi connectivity index (χ0) is 15.2. The summed E-state index contributed by atoms with van der Waals surface area (Å²) in [5, 5.41) is 2.63. The highest BCUT2D eigenvalue weighted by Crippen LogP contribution is 2.20. The lowest BCUT2D eigenvalue weighted by Gasteiger charge is -2.23. The normalized spacial score (nSPS) is 10.1. The Bertz CT molecular complexity index is 611. The van der Waals surface area contributed by atoms with Crippen LogP contribution in [-0.4, -0.2) is 18.5 Å². The van der Waals surface area contributed by atoms with E-state index in [0.717, 1.165) is 5.69 Å². The number of amides is 3. The first-order valence-electron chi connectivity index (χ1n) is 6.17. The second-order valence-electron chi connectivity index (χ2n) is 4.32. The first-order valence-corrected chi connectivity index (χ1v) is 6.54. The first kappa shape index (κ1) is 14.9. The van der Waals surface area contributed by atoms with E-state index in [0.29, 0.717) is 17.3 Å². The average Bonchev–Trinajstić information content (AvgIpc) is 2.91. The summed E-state index contributed by atoms with van der Waals surface area (Å²) in [4.78, 5) is 24.2. The smallest absolute Gasteiger partial charge is 0.318 e. The van der Waals surface area contributed by atoms with E-state index in [2.05, 4.69) is 0 Å². The highest BCUT2D eigenvalue weighted by atomic mass is 35.5. The Morgan fingerprint density at radius 2 is 1.95 bits per heavy atom. The van der Waals surface area contributed by atoms with Gasteiger partial charge in [-0.3, -0.25) is 10.1 Å². The molecule has 0 saturated heterocycles. The fourth-order valence-corrected chi connectivity index (χ4v) is 1.96. The number of halogens is 1. The molecule has 3 N–H and O–H groups in total. The van der Waals surface area contributed by atoms with E-state index in [-0.39, 0.29) is 6.54 Å². The zero-order valence-electron chi connectivity index (χ0n) is 11.1. The molecule has 0 atom stereocenters. The van der Waals surface area contributed by atoms with Crippen molar-refractivity contribution in [1.29, 1.82) is 0 Å². The number of carbonyl (C=O) groups excluding carboxylic acids is 2. The minimum absolute atomic E-state index is 0.0364. The van der Waals surface area contributed by atoms with E-state index < -0.39 is 11.9 Å². The molecule has 2 rings (SSSR count). The number of urea groups is 1. The van der Waals surface area contributed by atoms with Crippen molar-refractivity contribution in [2.75, 3.05) is 11.4 Å². The molecule has 0 bridgehead atoms. The number of rotatable bonds is 5. The third kappa shape index (κ3) is 4.54. The standard InChI is InChI=1S/C14H14ClN3O3/c15-10-3-5-11(6-4-10)18(8-12-2-1-7-21-12)9-13(19)17-14(16)20/h1-7H,8-9H2,(H3,16,17,19,20). The maximum Gasteiger partial charge on any atom is 0.318 e. The molecule has 1 aromatic heterocycles. The fraction of sp³-hybridized carbons (Fsp3) is 0.143. The number of imide groups is 1. The lowest BCUT2D eigenvalue weighted by molar-refractivity contribution is -0.118. The van der Waals surface area contributed by atoms with Crippen LogP contribution >= 0.6 is 11.6 Å². The number of hydrogen-bond acceptors (Lipinski definition) is 4. The fourth-order valence-electron chi connectivity index (χ4n) is 1.83. The van der Waals surface area contributed by atoms with Crippen LogP contribution in [0.2, 0.25) is 5.02 Å². The molecule has 21 heavy (non-hydrogen) atoms. The number of carbonyl (C=O) groups is 2. The largest absolute Gasteiger partial charge is 0.467 e. The van der Waals surface area contributed by atoms with Gasteiger partial charge >= 0.3 is 6.03 Å². The maximum absolute atomic E-state index is 11.7. The van der Waals surface area contributed by atoms with Crippen molar-refractivity contribution in [3.05, 3.63) is 53.4 Å². The van der Waals surface area contributed by atoms with Gasteiger partial charge in [0.25, 0.3) is 0 Å². The van der Waals surface area contributed by atoms with Gasteiger partial charge in [0.05, 0.1) is 19.4 Å². The van der Waals surface area contributed by atoms with Crippen LogP contribution < -0.4 is 16.0 Å². The summed E-state index contributed by atoms with van der Waals surface area (Å²) in [6, 6.07) is 9.68. The third-order valence-electron chi connectivity index (χ3n) is 2.72. The topological polar surface area (TPSA) is 88.6 Å². The van der Waals surface area contributed by atoms with Crippen LogP contribution in [0, 0.1) is 0 Å². The van der Waals surface area contributed by atoms with Crippen molar-refractivity contribution in [2.45, 2.75) is 6.54 Å². The van der Waals surface area contributed by atoms with Gasteiger partial charge in [-0.25, -0.2) is 4.79 Å². The number of anilines is 1. The number of primary amides is 1. The van der Waals surface area contributed by atoms with Gasteiger partial charge in [-0.15, -0.1) is 0 Å². The molecule has 0 spiro atoms. The van der Waals surface area contributed by atoms with Crippen LogP contribution in [-0.2, 0) is 11.3 Å². The Morgan fingerprint density at radius 1 is 1.24 bits per heavy atom. The molecule has 1 heterocycles. The first-order chi connectivity index (χ1) is 10.0. The van der Waals surface area contributed by atoms with Gasteiger partial charge in [0, 0.05) is 10.7 Å². The molecule has 0 saturated carbocycles. The van der Waals surface area contributed by atoms with Gasteiger partial charge in [-0.2, -0.15) is 0 Å². The van der Waals surface area contributed by atoms with Crippen LogP contribution in [0.4, 0.5) is 10.5 Å². The van der Waals surface area contributed by atoms with Crippen LogP contribution in [0.1, 0.15) is 5.76 Å². The predicted molar refractivity (Wildman–Crippen MR) is 78.9 cm³/mol. The van der Waals surface area contributed by atoms with E-state index >= 15 is 0 Å². The molecule has 0 aliphatic rings. The van der Waals surface area contributed by atoms with Crippen molar-refractivity contribution in [1.82, 2.24) is 5.32 Å². The molecule has 0 fully saturated rings. The van der Waals surface area contributed by atoms with Gasteiger partial charge < -0.3 is 15.1 Å². The molecule has 0 radical (unpaired) electrons. The molecule has 110 valence electrons. The summed E-state index contributed by atoms with van der Waals surface area (Å²) in [7, 11) is 0. The zero-order valence-corrected chi connectivity index (χ0v) is 11.8. The SMILES string of the molecule is NC(=O)NC(=O)CN(Cc1ccco1)c1ccc(Cl)cc1. The van der Waals surface area contributed by atoms with Crippen LogP contribution in [0.5, 0.6) is 0 Å². The second kappa shape index (κ2) is 6.81. The minimum atomic E-state index is -0.881. The van der Waals surface area contributed by atoms with E-state index in [4.69, 9.17) is 21.8 Å². The number of furan rings is 1. The molecule has 7 heteroatoms. The predicted octanol–water partition coefficient (Wildman–Crippen LogP) is 2.13. The number of benzene rings is 1. The van der Waals surface area contributed by atoms with Gasteiger partial charge in [0.15, 0.2) is 0 Å². The molecule has 2 aromatic rings. The second-order valence-corrected chi connectivity index (χ2v) is 4.76. The quantitative estimate of drug-likeness (QED) is 0.885. The van der Waals surface area contributed by atoms with E-state index in [1.54, 1.807) is 47.6 Å². The minimum Gasteiger partial charge on any atom is -0.467 e. The lowest BCUT2D eigenvalue weighted by Crippen LogP contribution is -2.42. The Balaban J connectivity index is 2.15. The number of nitrogens with two attached hydrogens (primary N) is 1. The number of hydrogen-bond donors (Lipinski definition) is 2. The lowest BCUT2D eigenvalue weighted by atomic mass is 10.2. The Labute approximate surface area is 126 Å². The summed E-state index contributed by atoms with van der Waals surface area (Å²) in [6.07, 6.45) is 1.55. The summed E-state index contributed by atoms with van der Waals surface area (Å²) in [5.74, 6) is 0.195. The Kier molecular flexibility index (Phi) is 4.84. The molecule has 3 amide bonds.